The van der Waals surface area contributed by atoms with E-state index in [9.17, 15) is 4.79 Å². The average molecular weight is 324 g/mol. The van der Waals surface area contributed by atoms with Gasteiger partial charge in [-0.15, -0.1) is 10.2 Å². The molecule has 0 atom stereocenters. The number of aromatic nitrogens is 2. The number of carbonyl (C=O) groups excluding carboxylic acids is 1. The summed E-state index contributed by atoms with van der Waals surface area (Å²) >= 11 is 0. The van der Waals surface area contributed by atoms with Crippen LogP contribution in [-0.2, 0) is 0 Å². The molecule has 0 saturated carbocycles. The van der Waals surface area contributed by atoms with Gasteiger partial charge in [0, 0.05) is 6.54 Å². The Balaban J connectivity index is 1.93. The minimum Gasteiger partial charge on any atom is -0.369 e. The minimum absolute atomic E-state index is 0.196. The molecule has 0 aliphatic heterocycles. The fraction of sp³-hybridized carbons (Fsp3) is 0.294. The molecule has 1 amide bonds. The van der Waals surface area contributed by atoms with E-state index in [2.05, 4.69) is 25.7 Å². The second kappa shape index (κ2) is 8.60. The van der Waals surface area contributed by atoms with Gasteiger partial charge >= 0.3 is 0 Å². The van der Waals surface area contributed by atoms with Crippen molar-refractivity contribution in [1.29, 1.82) is 5.26 Å². The van der Waals surface area contributed by atoms with E-state index in [0.29, 0.717) is 17.1 Å². The first-order valence-electron chi connectivity index (χ1n) is 7.63. The van der Waals surface area contributed by atoms with Gasteiger partial charge in [0.05, 0.1) is 11.3 Å². The quantitative estimate of drug-likeness (QED) is 0.756. The van der Waals surface area contributed by atoms with Crippen LogP contribution < -0.4 is 10.6 Å². The van der Waals surface area contributed by atoms with Crippen molar-refractivity contribution in [3.63, 3.8) is 0 Å². The molecule has 0 fully saturated rings. The molecule has 1 aromatic heterocycles. The smallest absolute Gasteiger partial charge is 0.276 e. The molecule has 2 N–H and O–H groups in total. The SMILES string of the molecule is CN(C)CCCNc1ccc(C(=O)Nc2ccccc2C#N)nn1. The largest absolute Gasteiger partial charge is 0.369 e. The summed E-state index contributed by atoms with van der Waals surface area (Å²) < 4.78 is 0. The Bertz CT molecular complexity index is 721. The number of amides is 1. The lowest BCUT2D eigenvalue weighted by Crippen LogP contribution is -2.17. The van der Waals surface area contributed by atoms with Crippen LogP contribution in [0.2, 0.25) is 0 Å². The van der Waals surface area contributed by atoms with Crippen LogP contribution in [0.5, 0.6) is 0 Å². The number of rotatable bonds is 7. The summed E-state index contributed by atoms with van der Waals surface area (Å²) in [6, 6.07) is 12.2. The highest BCUT2D eigenvalue weighted by Gasteiger charge is 2.10. The van der Waals surface area contributed by atoms with Gasteiger partial charge in [-0.2, -0.15) is 5.26 Å². The Hall–Kier alpha value is -2.98. The van der Waals surface area contributed by atoms with Crippen LogP contribution in [0.3, 0.4) is 0 Å². The van der Waals surface area contributed by atoms with Gasteiger partial charge in [-0.05, 0) is 51.3 Å². The maximum absolute atomic E-state index is 12.2. The number of carbonyl (C=O) groups is 1. The first-order valence-corrected chi connectivity index (χ1v) is 7.63. The number of anilines is 2. The lowest BCUT2D eigenvalue weighted by atomic mass is 10.2. The first-order chi connectivity index (χ1) is 11.6. The van der Waals surface area contributed by atoms with Crippen molar-refractivity contribution >= 4 is 17.4 Å². The third kappa shape index (κ3) is 5.04. The lowest BCUT2D eigenvalue weighted by Gasteiger charge is -2.10. The van der Waals surface area contributed by atoms with Gasteiger partial charge in [-0.1, -0.05) is 12.1 Å². The Morgan fingerprint density at radius 1 is 1.21 bits per heavy atom. The number of para-hydroxylation sites is 1. The molecule has 0 aliphatic carbocycles. The van der Waals surface area contributed by atoms with Gasteiger partial charge in [-0.25, -0.2) is 0 Å². The van der Waals surface area contributed by atoms with Crippen molar-refractivity contribution in [3.05, 3.63) is 47.7 Å². The lowest BCUT2D eigenvalue weighted by molar-refractivity contribution is 0.102. The molecule has 0 unspecified atom stereocenters. The molecular weight excluding hydrogens is 304 g/mol. The van der Waals surface area contributed by atoms with Crippen LogP contribution in [0, 0.1) is 11.3 Å². The normalized spacial score (nSPS) is 10.2. The van der Waals surface area contributed by atoms with E-state index in [4.69, 9.17) is 5.26 Å². The van der Waals surface area contributed by atoms with Crippen LogP contribution in [-0.4, -0.2) is 48.2 Å². The summed E-state index contributed by atoms with van der Waals surface area (Å²) in [4.78, 5) is 14.3. The monoisotopic (exact) mass is 324 g/mol. The van der Waals surface area contributed by atoms with Gasteiger partial charge in [0.1, 0.15) is 11.9 Å². The summed E-state index contributed by atoms with van der Waals surface area (Å²) in [5, 5.41) is 22.8. The first kappa shape index (κ1) is 17.4. The Labute approximate surface area is 141 Å². The summed E-state index contributed by atoms with van der Waals surface area (Å²) in [6.07, 6.45) is 0.988. The molecule has 0 saturated heterocycles. The molecule has 124 valence electrons. The van der Waals surface area contributed by atoms with Gasteiger partial charge in [0.2, 0.25) is 0 Å². The standard InChI is InChI=1S/C17H20N6O/c1-23(2)11-5-10-19-16-9-8-15(21-22-16)17(24)20-14-7-4-3-6-13(14)12-18/h3-4,6-9H,5,10-11H2,1-2H3,(H,19,22)(H,20,24). The average Bonchev–Trinajstić information content (AvgIpc) is 2.59. The molecule has 2 aromatic rings. The molecule has 0 radical (unpaired) electrons. The van der Waals surface area contributed by atoms with Gasteiger partial charge in [0.15, 0.2) is 5.69 Å². The number of benzene rings is 1. The fourth-order valence-electron chi connectivity index (χ4n) is 2.04. The van der Waals surface area contributed by atoms with E-state index < -0.39 is 5.91 Å². The Kier molecular flexibility index (Phi) is 6.23. The van der Waals surface area contributed by atoms with Gasteiger partial charge in [0.25, 0.3) is 5.91 Å². The second-order valence-corrected chi connectivity index (χ2v) is 5.50. The van der Waals surface area contributed by atoms with E-state index >= 15 is 0 Å². The van der Waals surface area contributed by atoms with Crippen LogP contribution in [0.4, 0.5) is 11.5 Å². The Morgan fingerprint density at radius 3 is 2.67 bits per heavy atom. The molecule has 7 nitrogen and oxygen atoms in total. The van der Waals surface area contributed by atoms with E-state index in [1.165, 1.54) is 0 Å². The highest BCUT2D eigenvalue weighted by atomic mass is 16.1. The number of nitrogens with zero attached hydrogens (tertiary/aromatic N) is 4. The van der Waals surface area contributed by atoms with Gasteiger partial charge < -0.3 is 15.5 Å². The molecule has 0 bridgehead atoms. The minimum atomic E-state index is -0.399. The molecule has 0 spiro atoms. The maximum atomic E-state index is 12.2. The second-order valence-electron chi connectivity index (χ2n) is 5.50. The zero-order valence-electron chi connectivity index (χ0n) is 13.8. The third-order valence-corrected chi connectivity index (χ3v) is 3.28. The topological polar surface area (TPSA) is 93.9 Å². The van der Waals surface area contributed by atoms with E-state index in [1.807, 2.05) is 20.2 Å². The molecule has 1 heterocycles. The molecule has 24 heavy (non-hydrogen) atoms. The number of hydrogen-bond donors (Lipinski definition) is 2. The van der Waals surface area contributed by atoms with Crippen LogP contribution in [0.15, 0.2) is 36.4 Å². The van der Waals surface area contributed by atoms with Crippen molar-refractivity contribution in [2.24, 2.45) is 0 Å². The fourth-order valence-corrected chi connectivity index (χ4v) is 2.04. The van der Waals surface area contributed by atoms with E-state index in [-0.39, 0.29) is 5.69 Å². The molecular formula is C17H20N6O. The molecule has 1 aromatic carbocycles. The zero-order chi connectivity index (χ0) is 17.4. The van der Waals surface area contributed by atoms with Crippen LogP contribution in [0.1, 0.15) is 22.5 Å². The number of nitrogens with one attached hydrogen (secondary N) is 2. The van der Waals surface area contributed by atoms with Crippen LogP contribution >= 0.6 is 0 Å². The zero-order valence-corrected chi connectivity index (χ0v) is 13.8. The highest BCUT2D eigenvalue weighted by Crippen LogP contribution is 2.14. The van der Waals surface area contributed by atoms with Crippen molar-refractivity contribution < 1.29 is 4.79 Å². The molecule has 0 aliphatic rings. The number of hydrogen-bond acceptors (Lipinski definition) is 6. The summed E-state index contributed by atoms with van der Waals surface area (Å²) in [6.45, 7) is 1.77. The summed E-state index contributed by atoms with van der Waals surface area (Å²) in [5.41, 5.74) is 1.05. The molecule has 2 rings (SSSR count). The van der Waals surface area contributed by atoms with Crippen molar-refractivity contribution in [3.8, 4) is 6.07 Å². The third-order valence-electron chi connectivity index (χ3n) is 3.28. The van der Waals surface area contributed by atoms with Crippen molar-refractivity contribution in [2.45, 2.75) is 6.42 Å². The summed E-state index contributed by atoms with van der Waals surface area (Å²) in [7, 11) is 4.05. The predicted octanol–water partition coefficient (Wildman–Crippen LogP) is 1.96. The predicted molar refractivity (Wildman–Crippen MR) is 92.8 cm³/mol. The highest BCUT2D eigenvalue weighted by molar-refractivity contribution is 6.03. The van der Waals surface area contributed by atoms with Crippen molar-refractivity contribution in [2.75, 3.05) is 37.8 Å². The van der Waals surface area contributed by atoms with E-state index in [1.54, 1.807) is 36.4 Å². The van der Waals surface area contributed by atoms with E-state index in [0.717, 1.165) is 19.5 Å². The van der Waals surface area contributed by atoms with Crippen molar-refractivity contribution in [1.82, 2.24) is 15.1 Å². The maximum Gasteiger partial charge on any atom is 0.276 e. The van der Waals surface area contributed by atoms with Crippen LogP contribution in [0.25, 0.3) is 0 Å². The Morgan fingerprint density at radius 2 is 2.00 bits per heavy atom. The number of nitriles is 1. The molecule has 7 heteroatoms. The summed E-state index contributed by atoms with van der Waals surface area (Å²) in [5.74, 6) is 0.229. The van der Waals surface area contributed by atoms with Gasteiger partial charge in [-0.3, -0.25) is 4.79 Å².